The topological polar surface area (TPSA) is 96.0 Å². The van der Waals surface area contributed by atoms with Crippen molar-refractivity contribution in [1.82, 2.24) is 10.2 Å². The van der Waals surface area contributed by atoms with Crippen LogP contribution in [0.25, 0.3) is 0 Å². The van der Waals surface area contributed by atoms with Crippen LogP contribution in [-0.2, 0) is 26.2 Å². The van der Waals surface area contributed by atoms with Crippen molar-refractivity contribution in [3.63, 3.8) is 0 Å². The van der Waals surface area contributed by atoms with Crippen LogP contribution >= 0.6 is 0 Å². The number of amides is 2. The third kappa shape index (κ3) is 6.72. The van der Waals surface area contributed by atoms with Gasteiger partial charge in [0.2, 0.25) is 11.8 Å². The number of nitrogens with one attached hydrogen (secondary N) is 1. The van der Waals surface area contributed by atoms with Gasteiger partial charge in [0.15, 0.2) is 0 Å². The Labute approximate surface area is 225 Å². The zero-order valence-corrected chi connectivity index (χ0v) is 23.1. The average molecular weight is 538 g/mol. The van der Waals surface area contributed by atoms with Gasteiger partial charge in [0.05, 0.1) is 17.2 Å². The first kappa shape index (κ1) is 28.7. The quantitative estimate of drug-likeness (QED) is 0.375. The minimum atomic E-state index is -4.16. The first-order valence-electron chi connectivity index (χ1n) is 12.6. The van der Waals surface area contributed by atoms with E-state index in [1.54, 1.807) is 63.2 Å². The molecule has 3 aromatic rings. The molecule has 1 N–H and O–H groups in total. The van der Waals surface area contributed by atoms with Crippen LogP contribution in [0.4, 0.5) is 5.69 Å². The van der Waals surface area contributed by atoms with Gasteiger partial charge >= 0.3 is 0 Å². The van der Waals surface area contributed by atoms with E-state index in [4.69, 9.17) is 4.74 Å². The Bertz CT molecular complexity index is 1350. The van der Waals surface area contributed by atoms with Gasteiger partial charge in [-0.3, -0.25) is 13.9 Å². The molecule has 0 heterocycles. The Morgan fingerprint density at radius 1 is 0.921 bits per heavy atom. The molecule has 0 spiro atoms. The Morgan fingerprint density at radius 3 is 2.21 bits per heavy atom. The number of ether oxygens (including phenoxy) is 1. The number of nitrogens with zero attached hydrogens (tertiary/aromatic N) is 2. The number of likely N-dealkylation sites (N-methyl/N-ethyl adjacent to an activating group) is 1. The van der Waals surface area contributed by atoms with Gasteiger partial charge in [-0.25, -0.2) is 8.42 Å². The van der Waals surface area contributed by atoms with Crippen molar-refractivity contribution in [2.45, 2.75) is 45.2 Å². The van der Waals surface area contributed by atoms with Gasteiger partial charge in [0, 0.05) is 13.1 Å². The Balaban J connectivity index is 2.08. The highest BCUT2D eigenvalue weighted by Crippen LogP contribution is 2.32. The molecule has 9 heteroatoms. The molecule has 0 saturated carbocycles. The molecule has 0 aliphatic rings. The largest absolute Gasteiger partial charge is 0.492 e. The summed E-state index contributed by atoms with van der Waals surface area (Å²) in [6, 6.07) is 21.4. The summed E-state index contributed by atoms with van der Waals surface area (Å²) in [6.07, 6.45) is 0. The maximum absolute atomic E-state index is 13.9. The smallest absolute Gasteiger partial charge is 0.264 e. The normalized spacial score (nSPS) is 11.9. The number of anilines is 1. The number of rotatable bonds is 12. The summed E-state index contributed by atoms with van der Waals surface area (Å²) in [5.41, 5.74) is 2.07. The van der Waals surface area contributed by atoms with Crippen LogP contribution in [0.1, 0.15) is 31.9 Å². The zero-order valence-electron chi connectivity index (χ0n) is 22.3. The molecule has 0 aliphatic heterocycles. The lowest BCUT2D eigenvalue weighted by molar-refractivity contribution is -0.139. The predicted molar refractivity (Wildman–Crippen MR) is 148 cm³/mol. The number of carbonyl (C=O) groups is 2. The molecule has 202 valence electrons. The maximum atomic E-state index is 13.9. The third-order valence-electron chi connectivity index (χ3n) is 6.16. The number of para-hydroxylation sites is 2. The summed E-state index contributed by atoms with van der Waals surface area (Å²) in [6.45, 7) is 7.54. The van der Waals surface area contributed by atoms with Gasteiger partial charge in [-0.05, 0) is 63.1 Å². The minimum absolute atomic E-state index is 0.0429. The second-order valence-electron chi connectivity index (χ2n) is 8.74. The van der Waals surface area contributed by atoms with E-state index in [0.29, 0.717) is 18.9 Å². The van der Waals surface area contributed by atoms with E-state index in [0.717, 1.165) is 15.4 Å². The van der Waals surface area contributed by atoms with Crippen molar-refractivity contribution >= 4 is 27.5 Å². The zero-order chi connectivity index (χ0) is 27.7. The lowest BCUT2D eigenvalue weighted by Gasteiger charge is -2.32. The molecule has 8 nitrogen and oxygen atoms in total. The van der Waals surface area contributed by atoms with E-state index >= 15 is 0 Å². The predicted octanol–water partition coefficient (Wildman–Crippen LogP) is 4.14. The van der Waals surface area contributed by atoms with Gasteiger partial charge < -0.3 is 15.0 Å². The monoisotopic (exact) mass is 537 g/mol. The van der Waals surface area contributed by atoms with Gasteiger partial charge in [0.25, 0.3) is 10.0 Å². The van der Waals surface area contributed by atoms with Gasteiger partial charge in [0.1, 0.15) is 18.3 Å². The second kappa shape index (κ2) is 13.1. The molecule has 2 amide bonds. The van der Waals surface area contributed by atoms with E-state index in [-0.39, 0.29) is 23.0 Å². The van der Waals surface area contributed by atoms with Crippen LogP contribution in [-0.4, -0.2) is 50.9 Å². The van der Waals surface area contributed by atoms with E-state index < -0.39 is 28.5 Å². The highest BCUT2D eigenvalue weighted by atomic mass is 32.2. The lowest BCUT2D eigenvalue weighted by Crippen LogP contribution is -2.51. The van der Waals surface area contributed by atoms with Crippen LogP contribution < -0.4 is 14.4 Å². The molecular weight excluding hydrogens is 502 g/mol. The van der Waals surface area contributed by atoms with Crippen LogP contribution in [0.5, 0.6) is 5.75 Å². The average Bonchev–Trinajstić information content (AvgIpc) is 2.92. The fourth-order valence-corrected chi connectivity index (χ4v) is 5.50. The van der Waals surface area contributed by atoms with Crippen LogP contribution in [0.2, 0.25) is 0 Å². The van der Waals surface area contributed by atoms with Crippen molar-refractivity contribution in [3.05, 3.63) is 90.0 Å². The summed E-state index contributed by atoms with van der Waals surface area (Å²) in [5.74, 6) is -0.496. The van der Waals surface area contributed by atoms with E-state index in [1.807, 2.05) is 31.2 Å². The summed E-state index contributed by atoms with van der Waals surface area (Å²) in [4.78, 5) is 28.2. The van der Waals surface area contributed by atoms with Crippen molar-refractivity contribution in [1.29, 1.82) is 0 Å². The standard InChI is InChI=1S/C29H35N3O5S/c1-5-30-29(34)23(4)31(20-24-15-11-10-14-22(24)3)28(33)21-32(26-18-12-13-19-27(26)37-6-2)38(35,36)25-16-8-7-9-17-25/h7-19,23H,5-6,20-21H2,1-4H3,(H,30,34)/t23-/m0/s1. The number of hydrogen-bond acceptors (Lipinski definition) is 5. The number of hydrogen-bond donors (Lipinski definition) is 1. The van der Waals surface area contributed by atoms with Crippen LogP contribution in [0.15, 0.2) is 83.8 Å². The third-order valence-corrected chi connectivity index (χ3v) is 7.94. The van der Waals surface area contributed by atoms with Crippen LogP contribution in [0.3, 0.4) is 0 Å². The molecule has 0 saturated heterocycles. The molecule has 0 fully saturated rings. The van der Waals surface area contributed by atoms with E-state index in [1.165, 1.54) is 17.0 Å². The molecule has 3 aromatic carbocycles. The molecule has 3 rings (SSSR count). The lowest BCUT2D eigenvalue weighted by atomic mass is 10.1. The van der Waals surface area contributed by atoms with E-state index in [2.05, 4.69) is 5.32 Å². The fraction of sp³-hybridized carbons (Fsp3) is 0.310. The van der Waals surface area contributed by atoms with Crippen LogP contribution in [0, 0.1) is 6.92 Å². The number of benzene rings is 3. The highest BCUT2D eigenvalue weighted by molar-refractivity contribution is 7.92. The molecule has 0 aliphatic carbocycles. The van der Waals surface area contributed by atoms with Crippen molar-refractivity contribution in [2.75, 3.05) is 24.0 Å². The first-order chi connectivity index (χ1) is 18.2. The number of carbonyl (C=O) groups excluding carboxylic acids is 2. The minimum Gasteiger partial charge on any atom is -0.492 e. The Kier molecular flexibility index (Phi) is 9.90. The summed E-state index contributed by atoms with van der Waals surface area (Å²) >= 11 is 0. The van der Waals surface area contributed by atoms with Crippen molar-refractivity contribution < 1.29 is 22.7 Å². The number of aryl methyl sites for hydroxylation is 1. The van der Waals surface area contributed by atoms with Gasteiger partial charge in [-0.15, -0.1) is 0 Å². The molecule has 0 bridgehead atoms. The Hall–Kier alpha value is -3.85. The fourth-order valence-electron chi connectivity index (χ4n) is 4.05. The molecule has 38 heavy (non-hydrogen) atoms. The molecule has 0 aromatic heterocycles. The second-order valence-corrected chi connectivity index (χ2v) is 10.6. The summed E-state index contributed by atoms with van der Waals surface area (Å²) < 4.78 is 34.6. The van der Waals surface area contributed by atoms with Gasteiger partial charge in [-0.1, -0.05) is 54.6 Å². The van der Waals surface area contributed by atoms with Crippen molar-refractivity contribution in [3.8, 4) is 5.75 Å². The first-order valence-corrected chi connectivity index (χ1v) is 14.1. The Morgan fingerprint density at radius 2 is 1.55 bits per heavy atom. The molecule has 1 atom stereocenters. The molecule has 0 unspecified atom stereocenters. The highest BCUT2D eigenvalue weighted by Gasteiger charge is 2.33. The maximum Gasteiger partial charge on any atom is 0.264 e. The van der Waals surface area contributed by atoms with Gasteiger partial charge in [-0.2, -0.15) is 0 Å². The molecular formula is C29H35N3O5S. The number of sulfonamides is 1. The molecule has 0 radical (unpaired) electrons. The van der Waals surface area contributed by atoms with Crippen molar-refractivity contribution in [2.24, 2.45) is 0 Å². The SMILES string of the molecule is CCNC(=O)[C@H](C)N(Cc1ccccc1C)C(=O)CN(c1ccccc1OCC)S(=O)(=O)c1ccccc1. The van der Waals surface area contributed by atoms with E-state index in [9.17, 15) is 18.0 Å². The summed E-state index contributed by atoms with van der Waals surface area (Å²) in [5, 5.41) is 2.76. The summed E-state index contributed by atoms with van der Waals surface area (Å²) in [7, 11) is -4.16.